The zero-order valence-corrected chi connectivity index (χ0v) is 11.6. The fourth-order valence-corrected chi connectivity index (χ4v) is 2.17. The lowest BCUT2D eigenvalue weighted by Gasteiger charge is -2.30. The van der Waals surface area contributed by atoms with E-state index < -0.39 is 0 Å². The van der Waals surface area contributed by atoms with E-state index in [9.17, 15) is 9.59 Å². The maximum Gasteiger partial charge on any atom is 0.324 e. The minimum Gasteiger partial charge on any atom is -0.319 e. The summed E-state index contributed by atoms with van der Waals surface area (Å²) in [6.07, 6.45) is 0. The third kappa shape index (κ3) is 3.13. The molecule has 3 amide bonds. The van der Waals surface area contributed by atoms with Gasteiger partial charge in [0.25, 0.3) is 0 Å². The van der Waals surface area contributed by atoms with Gasteiger partial charge in [0.2, 0.25) is 5.91 Å². The Balaban J connectivity index is 2.04. The van der Waals surface area contributed by atoms with Gasteiger partial charge in [-0.15, -0.1) is 0 Å². The number of nitrogens with one attached hydrogen (secondary N) is 1. The normalized spacial score (nSPS) is 19.8. The van der Waals surface area contributed by atoms with Crippen molar-refractivity contribution >= 4 is 11.9 Å². The highest BCUT2D eigenvalue weighted by Gasteiger charge is 2.28. The summed E-state index contributed by atoms with van der Waals surface area (Å²) in [7, 11) is 0. The van der Waals surface area contributed by atoms with Crippen LogP contribution >= 0.6 is 0 Å². The number of carbonyl (C=O) groups is 2. The molecule has 1 aromatic rings. The van der Waals surface area contributed by atoms with E-state index in [1.807, 2.05) is 19.1 Å². The molecule has 1 unspecified atom stereocenters. The number of nitrogens with zero attached hydrogens (tertiary/aromatic N) is 1. The first kappa shape index (κ1) is 13.6. The molecular formula is C15H20N2O2. The molecule has 0 saturated carbocycles. The maximum atomic E-state index is 11.7. The van der Waals surface area contributed by atoms with Crippen molar-refractivity contribution in [3.05, 3.63) is 35.4 Å². The smallest absolute Gasteiger partial charge is 0.319 e. The van der Waals surface area contributed by atoms with E-state index >= 15 is 0 Å². The highest BCUT2D eigenvalue weighted by Crippen LogP contribution is 2.17. The molecule has 4 nitrogen and oxygen atoms in total. The first-order valence-corrected chi connectivity index (χ1v) is 6.66. The van der Waals surface area contributed by atoms with Crippen LogP contribution in [0.15, 0.2) is 24.3 Å². The lowest BCUT2D eigenvalue weighted by molar-refractivity contribution is -0.125. The number of imide groups is 1. The minimum atomic E-state index is -0.295. The Morgan fingerprint density at radius 2 is 1.89 bits per heavy atom. The second kappa shape index (κ2) is 5.43. The van der Waals surface area contributed by atoms with Crippen molar-refractivity contribution < 1.29 is 9.59 Å². The maximum absolute atomic E-state index is 11.7. The summed E-state index contributed by atoms with van der Waals surface area (Å²) in [6.45, 7) is 7.16. The van der Waals surface area contributed by atoms with Crippen LogP contribution < -0.4 is 5.32 Å². The Hall–Kier alpha value is -1.84. The van der Waals surface area contributed by atoms with Gasteiger partial charge in [0.15, 0.2) is 0 Å². The SMILES string of the molecule is CC1CN(Cc2ccc(C(C)C)cc2)C(=O)NC1=O. The zero-order valence-electron chi connectivity index (χ0n) is 11.6. The molecule has 1 heterocycles. The van der Waals surface area contributed by atoms with Crippen molar-refractivity contribution in [3.8, 4) is 0 Å². The van der Waals surface area contributed by atoms with E-state index in [4.69, 9.17) is 0 Å². The van der Waals surface area contributed by atoms with Crippen LogP contribution in [-0.4, -0.2) is 23.4 Å². The van der Waals surface area contributed by atoms with Gasteiger partial charge in [-0.1, -0.05) is 45.0 Å². The molecule has 0 aliphatic carbocycles. The monoisotopic (exact) mass is 260 g/mol. The number of carbonyl (C=O) groups excluding carboxylic acids is 2. The van der Waals surface area contributed by atoms with Gasteiger partial charge in [0, 0.05) is 13.1 Å². The summed E-state index contributed by atoms with van der Waals surface area (Å²) in [5.41, 5.74) is 2.37. The summed E-state index contributed by atoms with van der Waals surface area (Å²) in [5.74, 6) is 0.175. The topological polar surface area (TPSA) is 49.4 Å². The van der Waals surface area contributed by atoms with E-state index in [0.29, 0.717) is 19.0 Å². The third-order valence-electron chi connectivity index (χ3n) is 3.48. The van der Waals surface area contributed by atoms with Gasteiger partial charge in [-0.2, -0.15) is 0 Å². The predicted molar refractivity (Wildman–Crippen MR) is 73.6 cm³/mol. The molecule has 0 bridgehead atoms. The van der Waals surface area contributed by atoms with Crippen LogP contribution in [-0.2, 0) is 11.3 Å². The first-order valence-electron chi connectivity index (χ1n) is 6.66. The van der Waals surface area contributed by atoms with Crippen molar-refractivity contribution in [2.75, 3.05) is 6.54 Å². The number of hydrogen-bond donors (Lipinski definition) is 1. The van der Waals surface area contributed by atoms with Crippen molar-refractivity contribution in [2.45, 2.75) is 33.2 Å². The summed E-state index contributed by atoms with van der Waals surface area (Å²) >= 11 is 0. The van der Waals surface area contributed by atoms with E-state index in [2.05, 4.69) is 31.3 Å². The molecule has 1 aliphatic heterocycles. The number of urea groups is 1. The molecule has 0 aromatic heterocycles. The van der Waals surface area contributed by atoms with E-state index in [-0.39, 0.29) is 17.9 Å². The molecule has 4 heteroatoms. The highest BCUT2D eigenvalue weighted by molar-refractivity contribution is 5.97. The Bertz CT molecular complexity index is 479. The fraction of sp³-hybridized carbons (Fsp3) is 0.467. The average molecular weight is 260 g/mol. The number of hydrogen-bond acceptors (Lipinski definition) is 2. The molecule has 102 valence electrons. The number of rotatable bonds is 3. The molecule has 1 saturated heterocycles. The quantitative estimate of drug-likeness (QED) is 0.907. The molecule has 1 aromatic carbocycles. The summed E-state index contributed by atoms with van der Waals surface area (Å²) in [4.78, 5) is 24.8. The molecular weight excluding hydrogens is 240 g/mol. The minimum absolute atomic E-state index is 0.146. The van der Waals surface area contributed by atoms with Crippen LogP contribution in [0.4, 0.5) is 4.79 Å². The molecule has 2 rings (SSSR count). The van der Waals surface area contributed by atoms with Gasteiger partial charge in [-0.25, -0.2) is 4.79 Å². The summed E-state index contributed by atoms with van der Waals surface area (Å²) in [6, 6.07) is 7.98. The van der Waals surface area contributed by atoms with Crippen LogP contribution in [0.2, 0.25) is 0 Å². The zero-order chi connectivity index (χ0) is 14.0. The third-order valence-corrected chi connectivity index (χ3v) is 3.48. The number of amides is 3. The van der Waals surface area contributed by atoms with Crippen LogP contribution in [0.5, 0.6) is 0 Å². The van der Waals surface area contributed by atoms with Crippen molar-refractivity contribution in [2.24, 2.45) is 5.92 Å². The molecule has 19 heavy (non-hydrogen) atoms. The van der Waals surface area contributed by atoms with Crippen LogP contribution in [0.1, 0.15) is 37.8 Å². The molecule has 0 spiro atoms. The highest BCUT2D eigenvalue weighted by atomic mass is 16.2. The van der Waals surface area contributed by atoms with Crippen molar-refractivity contribution in [3.63, 3.8) is 0 Å². The van der Waals surface area contributed by atoms with Gasteiger partial charge in [-0.05, 0) is 17.0 Å². The van der Waals surface area contributed by atoms with Gasteiger partial charge < -0.3 is 4.90 Å². The first-order chi connectivity index (χ1) is 8.97. The van der Waals surface area contributed by atoms with E-state index in [1.165, 1.54) is 5.56 Å². The second-order valence-electron chi connectivity index (χ2n) is 5.47. The lowest BCUT2D eigenvalue weighted by Crippen LogP contribution is -2.53. The Morgan fingerprint density at radius 1 is 1.26 bits per heavy atom. The standard InChI is InChI=1S/C15H20N2O2/c1-10(2)13-6-4-12(5-7-13)9-17-8-11(3)14(18)16-15(17)19/h4-7,10-11H,8-9H2,1-3H3,(H,16,18,19). The van der Waals surface area contributed by atoms with Crippen LogP contribution in [0.25, 0.3) is 0 Å². The predicted octanol–water partition coefficient (Wildman–Crippen LogP) is 2.50. The summed E-state index contributed by atoms with van der Waals surface area (Å²) < 4.78 is 0. The molecule has 1 N–H and O–H groups in total. The molecule has 0 radical (unpaired) electrons. The van der Waals surface area contributed by atoms with Crippen LogP contribution in [0, 0.1) is 5.92 Å². The van der Waals surface area contributed by atoms with Crippen molar-refractivity contribution in [1.82, 2.24) is 10.2 Å². The van der Waals surface area contributed by atoms with E-state index in [0.717, 1.165) is 5.56 Å². The van der Waals surface area contributed by atoms with Gasteiger partial charge >= 0.3 is 6.03 Å². The average Bonchev–Trinajstić information content (AvgIpc) is 2.36. The fourth-order valence-electron chi connectivity index (χ4n) is 2.17. The Labute approximate surface area is 113 Å². The van der Waals surface area contributed by atoms with Gasteiger partial charge in [-0.3, -0.25) is 10.1 Å². The van der Waals surface area contributed by atoms with Crippen LogP contribution in [0.3, 0.4) is 0 Å². The lowest BCUT2D eigenvalue weighted by atomic mass is 10.0. The van der Waals surface area contributed by atoms with E-state index in [1.54, 1.807) is 4.90 Å². The van der Waals surface area contributed by atoms with Gasteiger partial charge in [0.1, 0.15) is 0 Å². The largest absolute Gasteiger partial charge is 0.324 e. The summed E-state index contributed by atoms with van der Waals surface area (Å²) in [5, 5.41) is 2.38. The molecule has 1 fully saturated rings. The van der Waals surface area contributed by atoms with Gasteiger partial charge in [0.05, 0.1) is 5.92 Å². The molecule has 1 atom stereocenters. The molecule has 1 aliphatic rings. The Morgan fingerprint density at radius 3 is 2.47 bits per heavy atom. The number of benzene rings is 1. The second-order valence-corrected chi connectivity index (χ2v) is 5.47. The van der Waals surface area contributed by atoms with Crippen molar-refractivity contribution in [1.29, 1.82) is 0 Å². The Kier molecular flexibility index (Phi) is 3.88.